The molecule has 2 N–H and O–H groups in total. The summed E-state index contributed by atoms with van der Waals surface area (Å²) in [5.41, 5.74) is 2.37. The summed E-state index contributed by atoms with van der Waals surface area (Å²) in [6.07, 6.45) is 8.29. The molecule has 0 saturated carbocycles. The molecule has 1 aliphatic rings. The first kappa shape index (κ1) is 21.1. The Bertz CT molecular complexity index is 1220. The number of nitrogens with one attached hydrogen (secondary N) is 2. The third kappa shape index (κ3) is 4.77. The predicted octanol–water partition coefficient (Wildman–Crippen LogP) is 1.44. The number of rotatable bonds is 5. The van der Waals surface area contributed by atoms with Gasteiger partial charge >= 0.3 is 0 Å². The molecule has 0 spiro atoms. The van der Waals surface area contributed by atoms with Crippen molar-refractivity contribution in [3.8, 4) is 0 Å². The molecule has 0 radical (unpaired) electrons. The molecule has 0 bridgehead atoms. The fourth-order valence-electron chi connectivity index (χ4n) is 3.76. The number of aryl methyl sites for hydroxylation is 1. The lowest BCUT2D eigenvalue weighted by Gasteiger charge is -2.37. The Hall–Kier alpha value is -4.14. The van der Waals surface area contributed by atoms with Crippen LogP contribution in [0.4, 0.5) is 0 Å². The number of H-pyrrole nitrogens is 1. The number of hydrogen-bond acceptors (Lipinski definition) is 6. The summed E-state index contributed by atoms with van der Waals surface area (Å²) < 4.78 is 0. The van der Waals surface area contributed by atoms with E-state index in [1.165, 1.54) is 12.1 Å². The van der Waals surface area contributed by atoms with Crippen molar-refractivity contribution in [2.24, 2.45) is 0 Å². The molecule has 3 heterocycles. The summed E-state index contributed by atoms with van der Waals surface area (Å²) in [5, 5.41) is 2.87. The van der Waals surface area contributed by atoms with Crippen molar-refractivity contribution in [2.75, 3.05) is 13.1 Å². The number of aromatic amines is 1. The highest BCUT2D eigenvalue weighted by molar-refractivity contribution is 5.93. The van der Waals surface area contributed by atoms with Crippen LogP contribution in [0.5, 0.6) is 0 Å². The van der Waals surface area contributed by atoms with Crippen molar-refractivity contribution in [1.82, 2.24) is 30.2 Å². The summed E-state index contributed by atoms with van der Waals surface area (Å²) in [6, 6.07) is 8.66. The maximum Gasteiger partial charge on any atom is 0.273 e. The van der Waals surface area contributed by atoms with E-state index >= 15 is 0 Å². The van der Waals surface area contributed by atoms with E-state index in [4.69, 9.17) is 0 Å². The third-order valence-corrected chi connectivity index (χ3v) is 5.21. The normalized spacial score (nSPS) is 15.4. The van der Waals surface area contributed by atoms with Crippen molar-refractivity contribution in [3.63, 3.8) is 0 Å². The highest BCUT2D eigenvalue weighted by Crippen LogP contribution is 2.30. The molecule has 1 unspecified atom stereocenters. The fraction of sp³-hybridized carbons (Fsp3) is 0.217. The number of carbonyl (C=O) groups is 2. The van der Waals surface area contributed by atoms with Crippen LogP contribution in [-0.2, 0) is 11.2 Å². The van der Waals surface area contributed by atoms with Gasteiger partial charge in [-0.1, -0.05) is 24.3 Å². The second kappa shape index (κ2) is 9.34. The molecule has 1 atom stereocenters. The quantitative estimate of drug-likeness (QED) is 0.591. The molecule has 2 amide bonds. The first-order chi connectivity index (χ1) is 15.5. The molecule has 32 heavy (non-hydrogen) atoms. The zero-order valence-corrected chi connectivity index (χ0v) is 17.5. The predicted molar refractivity (Wildman–Crippen MR) is 118 cm³/mol. The fourth-order valence-corrected chi connectivity index (χ4v) is 3.76. The summed E-state index contributed by atoms with van der Waals surface area (Å²) >= 11 is 0. The summed E-state index contributed by atoms with van der Waals surface area (Å²) in [5.74, 6) is -0.281. The second-order valence-electron chi connectivity index (χ2n) is 7.39. The van der Waals surface area contributed by atoms with Crippen molar-refractivity contribution in [1.29, 1.82) is 0 Å². The highest BCUT2D eigenvalue weighted by Gasteiger charge is 2.32. The van der Waals surface area contributed by atoms with Gasteiger partial charge in [-0.3, -0.25) is 24.4 Å². The minimum Gasteiger partial charge on any atom is -0.350 e. The topological polar surface area (TPSA) is 121 Å². The standard InChI is InChI=1S/C23H22N6O3/c1-15-27-19(12-22(31)28-15)23(32)29-11-8-16-4-2-3-5-18(16)20(29)14-26-21(30)7-6-17-13-24-9-10-25-17/h2-7,9-10,12-13,20H,8,11,14H2,1H3,(H,26,30)(H,27,28,31)/b7-6+. The van der Waals surface area contributed by atoms with E-state index in [-0.39, 0.29) is 35.7 Å². The van der Waals surface area contributed by atoms with Gasteiger partial charge in [0.25, 0.3) is 11.5 Å². The SMILES string of the molecule is Cc1nc(C(=O)N2CCc3ccccc3C2CNC(=O)/C=C/c2cnccn2)cc(=O)[nH]1. The van der Waals surface area contributed by atoms with Crippen LogP contribution in [0.2, 0.25) is 0 Å². The number of amides is 2. The molecular weight excluding hydrogens is 408 g/mol. The van der Waals surface area contributed by atoms with E-state index in [0.29, 0.717) is 24.5 Å². The molecule has 162 valence electrons. The number of carbonyl (C=O) groups excluding carboxylic acids is 2. The maximum absolute atomic E-state index is 13.2. The maximum atomic E-state index is 13.2. The molecule has 0 aliphatic carbocycles. The minimum atomic E-state index is -0.386. The van der Waals surface area contributed by atoms with Crippen LogP contribution in [0.3, 0.4) is 0 Å². The lowest BCUT2D eigenvalue weighted by molar-refractivity contribution is -0.116. The lowest BCUT2D eigenvalue weighted by atomic mass is 9.92. The van der Waals surface area contributed by atoms with E-state index in [0.717, 1.165) is 11.1 Å². The average Bonchev–Trinajstić information content (AvgIpc) is 2.80. The van der Waals surface area contributed by atoms with Crippen molar-refractivity contribution in [3.05, 3.63) is 93.7 Å². The van der Waals surface area contributed by atoms with Crippen LogP contribution in [0, 0.1) is 6.92 Å². The summed E-state index contributed by atoms with van der Waals surface area (Å²) in [6.45, 7) is 2.30. The van der Waals surface area contributed by atoms with E-state index in [9.17, 15) is 14.4 Å². The molecule has 0 fully saturated rings. The molecule has 9 nitrogen and oxygen atoms in total. The zero-order valence-electron chi connectivity index (χ0n) is 17.5. The average molecular weight is 430 g/mol. The van der Waals surface area contributed by atoms with Gasteiger partial charge in [-0.25, -0.2) is 4.98 Å². The molecule has 9 heteroatoms. The smallest absolute Gasteiger partial charge is 0.273 e. The largest absolute Gasteiger partial charge is 0.350 e. The summed E-state index contributed by atoms with van der Waals surface area (Å²) in [4.78, 5) is 54.0. The van der Waals surface area contributed by atoms with Gasteiger partial charge in [0.1, 0.15) is 11.5 Å². The first-order valence-corrected chi connectivity index (χ1v) is 10.2. The van der Waals surface area contributed by atoms with Gasteiger partial charge < -0.3 is 15.2 Å². The number of hydrogen-bond donors (Lipinski definition) is 2. The van der Waals surface area contributed by atoms with E-state index in [1.807, 2.05) is 24.3 Å². The second-order valence-corrected chi connectivity index (χ2v) is 7.39. The van der Waals surface area contributed by atoms with Gasteiger partial charge in [0.2, 0.25) is 5.91 Å². The van der Waals surface area contributed by atoms with Gasteiger partial charge in [0, 0.05) is 37.6 Å². The zero-order chi connectivity index (χ0) is 22.5. The lowest BCUT2D eigenvalue weighted by Crippen LogP contribution is -2.45. The Kier molecular flexibility index (Phi) is 6.16. The van der Waals surface area contributed by atoms with Gasteiger partial charge in [-0.2, -0.15) is 0 Å². The Balaban J connectivity index is 1.55. The Morgan fingerprint density at radius 2 is 2.12 bits per heavy atom. The van der Waals surface area contributed by atoms with Gasteiger partial charge in [-0.05, 0) is 30.5 Å². The van der Waals surface area contributed by atoms with Crippen molar-refractivity contribution < 1.29 is 9.59 Å². The van der Waals surface area contributed by atoms with Gasteiger partial charge in [-0.15, -0.1) is 0 Å². The minimum absolute atomic E-state index is 0.0875. The van der Waals surface area contributed by atoms with Crippen LogP contribution >= 0.6 is 0 Å². The Morgan fingerprint density at radius 1 is 1.28 bits per heavy atom. The number of aromatic nitrogens is 4. The molecule has 4 rings (SSSR count). The van der Waals surface area contributed by atoms with E-state index in [2.05, 4.69) is 25.3 Å². The Morgan fingerprint density at radius 3 is 2.91 bits per heavy atom. The van der Waals surface area contributed by atoms with Crippen LogP contribution < -0.4 is 10.9 Å². The number of benzene rings is 1. The van der Waals surface area contributed by atoms with E-state index < -0.39 is 0 Å². The van der Waals surface area contributed by atoms with Crippen LogP contribution in [-0.4, -0.2) is 49.7 Å². The monoisotopic (exact) mass is 430 g/mol. The molecular formula is C23H22N6O3. The number of fused-ring (bicyclic) bond motifs is 1. The molecule has 0 saturated heterocycles. The third-order valence-electron chi connectivity index (χ3n) is 5.21. The van der Waals surface area contributed by atoms with Gasteiger partial charge in [0.15, 0.2) is 0 Å². The van der Waals surface area contributed by atoms with Crippen molar-refractivity contribution in [2.45, 2.75) is 19.4 Å². The molecule has 2 aromatic heterocycles. The van der Waals surface area contributed by atoms with E-state index in [1.54, 1.807) is 36.5 Å². The molecule has 1 aliphatic heterocycles. The van der Waals surface area contributed by atoms with Crippen LogP contribution in [0.1, 0.15) is 39.2 Å². The molecule has 3 aromatic rings. The Labute approximate surface area is 184 Å². The summed E-state index contributed by atoms with van der Waals surface area (Å²) in [7, 11) is 0. The van der Waals surface area contributed by atoms with Crippen LogP contribution in [0.25, 0.3) is 6.08 Å². The highest BCUT2D eigenvalue weighted by atomic mass is 16.2. The van der Waals surface area contributed by atoms with Crippen molar-refractivity contribution >= 4 is 17.9 Å². The van der Waals surface area contributed by atoms with Crippen LogP contribution in [0.15, 0.2) is 59.8 Å². The molecule has 1 aromatic carbocycles. The van der Waals surface area contributed by atoms with Gasteiger partial charge in [0.05, 0.1) is 17.9 Å². The number of nitrogens with zero attached hydrogens (tertiary/aromatic N) is 4. The first-order valence-electron chi connectivity index (χ1n) is 10.2.